The highest BCUT2D eigenvalue weighted by Gasteiger charge is 2.13. The lowest BCUT2D eigenvalue weighted by Gasteiger charge is -2.14. The molecule has 0 aliphatic rings. The van der Waals surface area contributed by atoms with Crippen LogP contribution in [0.4, 0.5) is 5.69 Å². The minimum Gasteiger partial charge on any atom is -0.507 e. The first-order valence-electron chi connectivity index (χ1n) is 8.69. The van der Waals surface area contributed by atoms with Gasteiger partial charge in [-0.3, -0.25) is 4.79 Å². The Bertz CT molecular complexity index is 1120. The van der Waals surface area contributed by atoms with E-state index in [9.17, 15) is 9.90 Å². The molecule has 5 nitrogen and oxygen atoms in total. The molecule has 0 aliphatic carbocycles. The van der Waals surface area contributed by atoms with Crippen molar-refractivity contribution in [2.75, 3.05) is 12.8 Å². The number of hydrogen-bond donors (Lipinski definition) is 2. The fourth-order valence-corrected chi connectivity index (χ4v) is 3.40. The predicted molar refractivity (Wildman–Crippen MR) is 111 cm³/mol. The second-order valence-electron chi connectivity index (χ2n) is 6.85. The summed E-state index contributed by atoms with van der Waals surface area (Å²) in [6.45, 7) is 5.64. The quantitative estimate of drug-likeness (QED) is 0.690. The van der Waals surface area contributed by atoms with Crippen LogP contribution in [0.3, 0.4) is 0 Å². The first kappa shape index (κ1) is 18.6. The van der Waals surface area contributed by atoms with Crippen LogP contribution in [0.2, 0.25) is 0 Å². The summed E-state index contributed by atoms with van der Waals surface area (Å²) in [6, 6.07) is 7.42. The maximum absolute atomic E-state index is 12.9. The minimum absolute atomic E-state index is 0.0898. The number of nitrogen functional groups attached to an aromatic ring is 1. The molecule has 2 aromatic carbocycles. The number of fused-ring (bicyclic) bond motifs is 1. The number of anilines is 1. The summed E-state index contributed by atoms with van der Waals surface area (Å²) in [5.74, 6) is 0.888. The third kappa shape index (κ3) is 3.16. The van der Waals surface area contributed by atoms with Crippen molar-refractivity contribution in [3.05, 3.63) is 62.4 Å². The molecule has 0 amide bonds. The molecule has 0 spiro atoms. The van der Waals surface area contributed by atoms with Crippen molar-refractivity contribution in [1.29, 1.82) is 0 Å². The van der Waals surface area contributed by atoms with E-state index in [1.54, 1.807) is 24.8 Å². The highest BCUT2D eigenvalue weighted by atomic mass is 16.5. The summed E-state index contributed by atoms with van der Waals surface area (Å²) >= 11 is 0. The van der Waals surface area contributed by atoms with E-state index in [-0.39, 0.29) is 5.56 Å². The number of hydrogen-bond acceptors (Lipinski definition) is 4. The van der Waals surface area contributed by atoms with Crippen molar-refractivity contribution in [1.82, 2.24) is 4.57 Å². The Morgan fingerprint density at radius 2 is 1.70 bits per heavy atom. The molecular weight excluding hydrogens is 340 g/mol. The van der Waals surface area contributed by atoms with E-state index in [1.165, 1.54) is 0 Å². The second-order valence-corrected chi connectivity index (χ2v) is 6.85. The molecule has 3 rings (SSSR count). The topological polar surface area (TPSA) is 77.5 Å². The van der Waals surface area contributed by atoms with E-state index in [1.807, 2.05) is 51.1 Å². The number of methoxy groups -OCH3 is 1. The number of phenolic OH excluding ortho intramolecular Hbond substituents is 1. The minimum atomic E-state index is -0.0898. The zero-order chi connectivity index (χ0) is 19.9. The molecule has 1 heterocycles. The molecule has 0 saturated carbocycles. The van der Waals surface area contributed by atoms with Crippen LogP contribution in [0.25, 0.3) is 23.1 Å². The predicted octanol–water partition coefficient (Wildman–Crippen LogP) is 3.93. The van der Waals surface area contributed by atoms with Gasteiger partial charge in [-0.1, -0.05) is 6.08 Å². The summed E-state index contributed by atoms with van der Waals surface area (Å²) in [7, 11) is 3.31. The SMILES string of the molecule is COc1cc2c(C)c(/C=C/c3cc(C)c(O)c(C)c3)c(=O)n(C)c2cc1N. The van der Waals surface area contributed by atoms with Gasteiger partial charge in [0.25, 0.3) is 5.56 Å². The van der Waals surface area contributed by atoms with Crippen LogP contribution in [-0.2, 0) is 7.05 Å². The van der Waals surface area contributed by atoms with Gasteiger partial charge in [0.15, 0.2) is 0 Å². The van der Waals surface area contributed by atoms with Crippen LogP contribution in [0.5, 0.6) is 11.5 Å². The highest BCUT2D eigenvalue weighted by molar-refractivity contribution is 5.91. The Morgan fingerprint density at radius 1 is 1.07 bits per heavy atom. The van der Waals surface area contributed by atoms with Crippen LogP contribution < -0.4 is 16.0 Å². The Balaban J connectivity index is 2.20. The lowest BCUT2D eigenvalue weighted by molar-refractivity contribution is 0.417. The average Bonchev–Trinajstić information content (AvgIpc) is 2.63. The second kappa shape index (κ2) is 6.83. The maximum atomic E-state index is 12.9. The van der Waals surface area contributed by atoms with Gasteiger partial charge in [-0.05, 0) is 73.4 Å². The van der Waals surface area contributed by atoms with Crippen molar-refractivity contribution in [3.8, 4) is 11.5 Å². The smallest absolute Gasteiger partial charge is 0.258 e. The van der Waals surface area contributed by atoms with E-state index < -0.39 is 0 Å². The monoisotopic (exact) mass is 364 g/mol. The highest BCUT2D eigenvalue weighted by Crippen LogP contribution is 2.30. The number of nitrogens with two attached hydrogens (primary N) is 1. The zero-order valence-corrected chi connectivity index (χ0v) is 16.3. The van der Waals surface area contributed by atoms with Gasteiger partial charge in [0.05, 0.1) is 18.3 Å². The van der Waals surface area contributed by atoms with Crippen molar-refractivity contribution in [2.45, 2.75) is 20.8 Å². The molecule has 0 aliphatic heterocycles. The molecule has 3 aromatic rings. The molecule has 0 bridgehead atoms. The lowest BCUT2D eigenvalue weighted by Crippen LogP contribution is -2.21. The molecule has 0 saturated heterocycles. The number of ether oxygens (including phenoxy) is 1. The van der Waals surface area contributed by atoms with Crippen LogP contribution in [-0.4, -0.2) is 16.8 Å². The molecule has 0 unspecified atom stereocenters. The van der Waals surface area contributed by atoms with Gasteiger partial charge in [0, 0.05) is 18.0 Å². The fourth-order valence-electron chi connectivity index (χ4n) is 3.40. The average molecular weight is 364 g/mol. The summed E-state index contributed by atoms with van der Waals surface area (Å²) < 4.78 is 6.93. The molecule has 3 N–H and O–H groups in total. The molecule has 1 aromatic heterocycles. The van der Waals surface area contributed by atoms with Gasteiger partial charge >= 0.3 is 0 Å². The number of aryl methyl sites for hydroxylation is 4. The molecule has 0 fully saturated rings. The normalized spacial score (nSPS) is 11.4. The summed E-state index contributed by atoms with van der Waals surface area (Å²) in [4.78, 5) is 12.9. The molecule has 27 heavy (non-hydrogen) atoms. The van der Waals surface area contributed by atoms with Gasteiger partial charge in [0.1, 0.15) is 11.5 Å². The summed E-state index contributed by atoms with van der Waals surface area (Å²) in [5.41, 5.74) is 11.2. The molecule has 0 atom stereocenters. The van der Waals surface area contributed by atoms with Gasteiger partial charge in [-0.2, -0.15) is 0 Å². The number of nitrogens with zero attached hydrogens (tertiary/aromatic N) is 1. The zero-order valence-electron chi connectivity index (χ0n) is 16.3. The van der Waals surface area contributed by atoms with Gasteiger partial charge in [0.2, 0.25) is 0 Å². The molecule has 0 radical (unpaired) electrons. The number of rotatable bonds is 3. The summed E-state index contributed by atoms with van der Waals surface area (Å²) in [6.07, 6.45) is 3.72. The van der Waals surface area contributed by atoms with Crippen molar-refractivity contribution in [3.63, 3.8) is 0 Å². The largest absolute Gasteiger partial charge is 0.507 e. The first-order valence-corrected chi connectivity index (χ1v) is 8.69. The first-order chi connectivity index (χ1) is 12.7. The maximum Gasteiger partial charge on any atom is 0.258 e. The van der Waals surface area contributed by atoms with E-state index in [2.05, 4.69) is 0 Å². The number of benzene rings is 2. The Morgan fingerprint density at radius 3 is 2.30 bits per heavy atom. The standard InChI is InChI=1S/C22H24N2O3/c1-12-8-15(9-13(2)21(12)25)6-7-16-14(3)17-10-20(27-5)18(23)11-19(17)24(4)22(16)26/h6-11,25H,23H2,1-5H3/b7-6+. The van der Waals surface area contributed by atoms with E-state index in [0.717, 1.165) is 33.2 Å². The third-order valence-corrected chi connectivity index (χ3v) is 5.01. The number of aromatic hydroxyl groups is 1. The van der Waals surface area contributed by atoms with E-state index in [0.29, 0.717) is 22.7 Å². The fraction of sp³-hybridized carbons (Fsp3) is 0.227. The number of pyridine rings is 1. The third-order valence-electron chi connectivity index (χ3n) is 5.01. The van der Waals surface area contributed by atoms with Gasteiger partial charge in [-0.25, -0.2) is 0 Å². The van der Waals surface area contributed by atoms with E-state index in [4.69, 9.17) is 10.5 Å². The van der Waals surface area contributed by atoms with Crippen molar-refractivity contribution in [2.24, 2.45) is 7.05 Å². The molecular formula is C22H24N2O3. The van der Waals surface area contributed by atoms with Gasteiger partial charge in [-0.15, -0.1) is 0 Å². The molecule has 5 heteroatoms. The van der Waals surface area contributed by atoms with Crippen LogP contribution in [0, 0.1) is 20.8 Å². The van der Waals surface area contributed by atoms with Crippen LogP contribution >= 0.6 is 0 Å². The van der Waals surface area contributed by atoms with E-state index >= 15 is 0 Å². The number of aromatic nitrogens is 1. The molecule has 140 valence electrons. The Kier molecular flexibility index (Phi) is 4.70. The van der Waals surface area contributed by atoms with Gasteiger partial charge < -0.3 is 20.1 Å². The summed E-state index contributed by atoms with van der Waals surface area (Å²) in [5, 5.41) is 10.8. The Labute approximate surface area is 158 Å². The Hall–Kier alpha value is -3.21. The number of phenols is 1. The van der Waals surface area contributed by atoms with Crippen LogP contribution in [0.15, 0.2) is 29.1 Å². The van der Waals surface area contributed by atoms with Crippen molar-refractivity contribution >= 4 is 28.7 Å². The van der Waals surface area contributed by atoms with Crippen molar-refractivity contribution < 1.29 is 9.84 Å². The van der Waals surface area contributed by atoms with Crippen LogP contribution in [0.1, 0.15) is 27.8 Å². The lowest BCUT2D eigenvalue weighted by atomic mass is 10.0.